The monoisotopic (exact) mass is 265 g/mol. The first-order valence-corrected chi connectivity index (χ1v) is 6.55. The minimum Gasteiger partial charge on any atom is -0.480 e. The molecule has 0 bridgehead atoms. The van der Waals surface area contributed by atoms with Gasteiger partial charge in [0.25, 0.3) is 0 Å². The Morgan fingerprint density at radius 1 is 1.26 bits per heavy atom. The summed E-state index contributed by atoms with van der Waals surface area (Å²) in [4.78, 5) is 28.2. The van der Waals surface area contributed by atoms with Crippen molar-refractivity contribution in [2.24, 2.45) is 0 Å². The fourth-order valence-corrected chi connectivity index (χ4v) is 2.38. The maximum atomic E-state index is 12.2. The van der Waals surface area contributed by atoms with E-state index >= 15 is 0 Å². The second-order valence-corrected chi connectivity index (χ2v) is 4.99. The van der Waals surface area contributed by atoms with E-state index in [0.29, 0.717) is 19.1 Å². The molecule has 6 heteroatoms. The largest absolute Gasteiger partial charge is 0.480 e. The summed E-state index contributed by atoms with van der Waals surface area (Å²) in [6, 6.07) is 0.439. The van der Waals surface area contributed by atoms with E-state index in [1.165, 1.54) is 17.7 Å². The molecule has 0 atom stereocenters. The van der Waals surface area contributed by atoms with Gasteiger partial charge in [-0.05, 0) is 12.8 Å². The van der Waals surface area contributed by atoms with Gasteiger partial charge >= 0.3 is 12.0 Å². The lowest BCUT2D eigenvalue weighted by Gasteiger charge is -2.36. The normalized spacial score (nSPS) is 19.8. The Morgan fingerprint density at radius 3 is 2.37 bits per heavy atom. The van der Waals surface area contributed by atoms with Crippen LogP contribution in [0.1, 0.15) is 12.8 Å². The maximum Gasteiger partial charge on any atom is 0.323 e. The van der Waals surface area contributed by atoms with Crippen molar-refractivity contribution < 1.29 is 14.7 Å². The van der Waals surface area contributed by atoms with E-state index in [1.54, 1.807) is 4.90 Å². The van der Waals surface area contributed by atoms with Gasteiger partial charge < -0.3 is 14.9 Å². The molecule has 1 saturated carbocycles. The third-order valence-electron chi connectivity index (χ3n) is 3.53. The van der Waals surface area contributed by atoms with Gasteiger partial charge in [0.2, 0.25) is 0 Å². The topological polar surface area (TPSA) is 64.1 Å². The average Bonchev–Trinajstić information content (AvgIpc) is 3.21. The Balaban J connectivity index is 1.86. The summed E-state index contributed by atoms with van der Waals surface area (Å²) < 4.78 is 0. The number of urea groups is 1. The molecule has 0 aromatic heterocycles. The molecule has 1 aliphatic heterocycles. The first-order valence-electron chi connectivity index (χ1n) is 6.55. The molecule has 0 radical (unpaired) electrons. The summed E-state index contributed by atoms with van der Waals surface area (Å²) in [6.45, 7) is 2.73. The van der Waals surface area contributed by atoms with Crippen LogP contribution in [0, 0.1) is 12.3 Å². The summed E-state index contributed by atoms with van der Waals surface area (Å²) in [7, 11) is 0. The van der Waals surface area contributed by atoms with E-state index in [4.69, 9.17) is 11.5 Å². The Bertz CT molecular complexity index is 392. The third kappa shape index (κ3) is 3.61. The van der Waals surface area contributed by atoms with Gasteiger partial charge in [-0.15, -0.1) is 6.42 Å². The van der Waals surface area contributed by atoms with Crippen molar-refractivity contribution in [3.8, 4) is 12.3 Å². The predicted octanol–water partition coefficient (Wildman–Crippen LogP) is -0.0938. The van der Waals surface area contributed by atoms with Crippen LogP contribution in [0.3, 0.4) is 0 Å². The number of hydrogen-bond donors (Lipinski definition) is 1. The van der Waals surface area contributed by atoms with E-state index in [0.717, 1.165) is 13.1 Å². The van der Waals surface area contributed by atoms with Gasteiger partial charge in [0, 0.05) is 32.2 Å². The number of nitrogens with zero attached hydrogens (tertiary/aromatic N) is 3. The van der Waals surface area contributed by atoms with Crippen molar-refractivity contribution in [3.05, 3.63) is 0 Å². The number of terminal acetylenes is 1. The number of piperazine rings is 1. The van der Waals surface area contributed by atoms with E-state index in [2.05, 4.69) is 10.8 Å². The summed E-state index contributed by atoms with van der Waals surface area (Å²) in [5, 5.41) is 8.79. The van der Waals surface area contributed by atoms with Crippen LogP contribution < -0.4 is 0 Å². The zero-order valence-corrected chi connectivity index (χ0v) is 10.9. The predicted molar refractivity (Wildman–Crippen MR) is 69.6 cm³/mol. The number of amides is 2. The highest BCUT2D eigenvalue weighted by Crippen LogP contribution is 2.27. The highest BCUT2D eigenvalue weighted by molar-refractivity contribution is 5.80. The first-order chi connectivity index (χ1) is 9.11. The number of carboxylic acid groups (broad SMARTS) is 1. The van der Waals surface area contributed by atoms with Crippen molar-refractivity contribution in [3.63, 3.8) is 0 Å². The maximum absolute atomic E-state index is 12.2. The van der Waals surface area contributed by atoms with Gasteiger partial charge in [-0.25, -0.2) is 4.79 Å². The van der Waals surface area contributed by atoms with E-state index in [1.807, 2.05) is 0 Å². The summed E-state index contributed by atoms with van der Waals surface area (Å²) in [5.74, 6) is 1.29. The number of carboxylic acids is 1. The fourth-order valence-electron chi connectivity index (χ4n) is 2.38. The molecule has 0 aromatic carbocycles. The van der Waals surface area contributed by atoms with Gasteiger partial charge in [-0.1, -0.05) is 5.92 Å². The second-order valence-electron chi connectivity index (χ2n) is 4.99. The lowest BCUT2D eigenvalue weighted by atomic mass is 10.3. The Hall–Kier alpha value is -1.74. The standard InChI is InChI=1S/C13H19N3O3/c1-2-5-16(10-12(17)18)13(19)15-8-6-14(7-9-15)11-3-4-11/h1,11H,3-10H2,(H,17,18). The van der Waals surface area contributed by atoms with Gasteiger partial charge in [0.05, 0.1) is 6.54 Å². The molecule has 1 N–H and O–H groups in total. The molecule has 6 nitrogen and oxygen atoms in total. The smallest absolute Gasteiger partial charge is 0.323 e. The number of hydrogen-bond acceptors (Lipinski definition) is 3. The van der Waals surface area contributed by atoms with Crippen LogP contribution >= 0.6 is 0 Å². The van der Waals surface area contributed by atoms with Crippen LogP contribution in [0.15, 0.2) is 0 Å². The third-order valence-corrected chi connectivity index (χ3v) is 3.53. The molecule has 0 unspecified atom stereocenters. The van der Waals surface area contributed by atoms with Gasteiger partial charge in [0.15, 0.2) is 0 Å². The highest BCUT2D eigenvalue weighted by Gasteiger charge is 2.33. The number of rotatable bonds is 4. The zero-order valence-electron chi connectivity index (χ0n) is 10.9. The lowest BCUT2D eigenvalue weighted by molar-refractivity contribution is -0.137. The van der Waals surface area contributed by atoms with E-state index < -0.39 is 5.97 Å². The number of carbonyl (C=O) groups is 2. The molecular weight excluding hydrogens is 246 g/mol. The molecule has 1 saturated heterocycles. The molecule has 1 heterocycles. The fraction of sp³-hybridized carbons (Fsp3) is 0.692. The second kappa shape index (κ2) is 5.93. The average molecular weight is 265 g/mol. The minimum absolute atomic E-state index is 0.0357. The summed E-state index contributed by atoms with van der Waals surface area (Å²) in [6.07, 6.45) is 7.70. The highest BCUT2D eigenvalue weighted by atomic mass is 16.4. The van der Waals surface area contributed by atoms with Crippen molar-refractivity contribution >= 4 is 12.0 Å². The Labute approximate surface area is 113 Å². The molecule has 2 amide bonds. The van der Waals surface area contributed by atoms with Crippen LogP contribution in [0.2, 0.25) is 0 Å². The van der Waals surface area contributed by atoms with E-state index in [9.17, 15) is 9.59 Å². The molecule has 0 aromatic rings. The molecule has 1 aliphatic carbocycles. The summed E-state index contributed by atoms with van der Waals surface area (Å²) in [5.41, 5.74) is 0. The molecule has 2 fully saturated rings. The Morgan fingerprint density at radius 2 is 1.89 bits per heavy atom. The molecule has 104 valence electrons. The van der Waals surface area contributed by atoms with Crippen LogP contribution in [0.4, 0.5) is 4.79 Å². The molecule has 19 heavy (non-hydrogen) atoms. The van der Waals surface area contributed by atoms with Crippen molar-refractivity contribution in [2.45, 2.75) is 18.9 Å². The van der Waals surface area contributed by atoms with Crippen LogP contribution in [-0.2, 0) is 4.79 Å². The molecular formula is C13H19N3O3. The number of carbonyl (C=O) groups excluding carboxylic acids is 1. The lowest BCUT2D eigenvalue weighted by Crippen LogP contribution is -2.54. The van der Waals surface area contributed by atoms with Crippen molar-refractivity contribution in [1.82, 2.24) is 14.7 Å². The van der Waals surface area contributed by atoms with E-state index in [-0.39, 0.29) is 19.1 Å². The van der Waals surface area contributed by atoms with Crippen molar-refractivity contribution in [2.75, 3.05) is 39.3 Å². The van der Waals surface area contributed by atoms with Gasteiger partial charge in [0.1, 0.15) is 6.54 Å². The van der Waals surface area contributed by atoms with Gasteiger partial charge in [-0.3, -0.25) is 9.69 Å². The SMILES string of the molecule is C#CCN(CC(=O)O)C(=O)N1CCN(C2CC2)CC1. The quantitative estimate of drug-likeness (QED) is 0.721. The van der Waals surface area contributed by atoms with Crippen LogP contribution in [0.25, 0.3) is 0 Å². The van der Waals surface area contributed by atoms with Crippen molar-refractivity contribution in [1.29, 1.82) is 0 Å². The van der Waals surface area contributed by atoms with Gasteiger partial charge in [-0.2, -0.15) is 0 Å². The minimum atomic E-state index is -1.04. The molecule has 0 spiro atoms. The zero-order chi connectivity index (χ0) is 13.8. The first kappa shape index (κ1) is 13.7. The molecule has 2 rings (SSSR count). The Kier molecular flexibility index (Phi) is 4.27. The van der Waals surface area contributed by atoms with Crippen LogP contribution in [-0.4, -0.2) is 77.1 Å². The number of aliphatic carboxylic acids is 1. The molecule has 2 aliphatic rings. The van der Waals surface area contributed by atoms with Crippen LogP contribution in [0.5, 0.6) is 0 Å². The summed E-state index contributed by atoms with van der Waals surface area (Å²) >= 11 is 0.